The maximum absolute atomic E-state index is 13.2. The molecule has 0 amide bonds. The third-order valence-corrected chi connectivity index (χ3v) is 2.34. The molecule has 0 aliphatic heterocycles. The van der Waals surface area contributed by atoms with Crippen LogP contribution in [0.1, 0.15) is 0 Å². The minimum Gasteiger partial charge on any atom is -0.368 e. The minimum atomic E-state index is -0.673. The van der Waals surface area contributed by atoms with Crippen LogP contribution in [0.25, 0.3) is 11.3 Å². The zero-order valence-electron chi connectivity index (χ0n) is 8.80. The molecule has 8 heteroatoms. The molecule has 6 nitrogen and oxygen atoms in total. The van der Waals surface area contributed by atoms with Gasteiger partial charge in [0.1, 0.15) is 12.0 Å². The summed E-state index contributed by atoms with van der Waals surface area (Å²) in [7, 11) is 0. The van der Waals surface area contributed by atoms with Crippen LogP contribution in [0.5, 0.6) is 0 Å². The van der Waals surface area contributed by atoms with Gasteiger partial charge in [0.2, 0.25) is 5.95 Å². The van der Waals surface area contributed by atoms with Crippen LogP contribution in [0, 0.1) is 15.9 Å². The second-order valence-electron chi connectivity index (χ2n) is 3.38. The van der Waals surface area contributed by atoms with Crippen LogP contribution >= 0.6 is 11.6 Å². The number of aromatic nitrogens is 2. The molecular formula is C10H6ClFN4O2. The fourth-order valence-corrected chi connectivity index (χ4v) is 1.65. The van der Waals surface area contributed by atoms with E-state index in [4.69, 9.17) is 17.3 Å². The van der Waals surface area contributed by atoms with Gasteiger partial charge in [0.05, 0.1) is 4.92 Å². The number of anilines is 1. The van der Waals surface area contributed by atoms with Crippen LogP contribution in [-0.2, 0) is 0 Å². The van der Waals surface area contributed by atoms with Crippen LogP contribution in [0.3, 0.4) is 0 Å². The lowest BCUT2D eigenvalue weighted by Crippen LogP contribution is -2.01. The van der Waals surface area contributed by atoms with Crippen molar-refractivity contribution in [2.75, 3.05) is 5.73 Å². The average Bonchev–Trinajstić information content (AvgIpc) is 2.27. The molecule has 0 spiro atoms. The zero-order chi connectivity index (χ0) is 13.3. The lowest BCUT2D eigenvalue weighted by Gasteiger charge is -2.03. The number of hydrogen-bond acceptors (Lipinski definition) is 5. The van der Waals surface area contributed by atoms with E-state index in [1.807, 2.05) is 0 Å². The molecule has 92 valence electrons. The second-order valence-corrected chi connectivity index (χ2v) is 3.81. The summed E-state index contributed by atoms with van der Waals surface area (Å²) < 4.78 is 13.2. The Hall–Kier alpha value is -2.28. The molecule has 0 saturated carbocycles. The molecule has 2 aromatic rings. The SMILES string of the molecule is Nc1ncc([N+](=O)[O-])c(-c2cc(F)cc(Cl)c2)n1. The van der Waals surface area contributed by atoms with E-state index in [1.165, 1.54) is 6.07 Å². The smallest absolute Gasteiger partial charge is 0.313 e. The number of nitrogen functional groups attached to an aromatic ring is 1. The van der Waals surface area contributed by atoms with Crippen molar-refractivity contribution < 1.29 is 9.31 Å². The van der Waals surface area contributed by atoms with Gasteiger partial charge in [0.15, 0.2) is 5.69 Å². The van der Waals surface area contributed by atoms with Crippen molar-refractivity contribution in [3.05, 3.63) is 45.4 Å². The predicted octanol–water partition coefficient (Wildman–Crippen LogP) is 2.43. The first-order valence-corrected chi connectivity index (χ1v) is 5.08. The highest BCUT2D eigenvalue weighted by atomic mass is 35.5. The highest BCUT2D eigenvalue weighted by molar-refractivity contribution is 6.30. The molecular weight excluding hydrogens is 263 g/mol. The first-order valence-electron chi connectivity index (χ1n) is 4.71. The van der Waals surface area contributed by atoms with Gasteiger partial charge in [-0.25, -0.2) is 14.4 Å². The van der Waals surface area contributed by atoms with Gasteiger partial charge in [0, 0.05) is 10.6 Å². The number of nitro groups is 1. The Morgan fingerprint density at radius 1 is 1.39 bits per heavy atom. The summed E-state index contributed by atoms with van der Waals surface area (Å²) in [5.41, 5.74) is 5.09. The van der Waals surface area contributed by atoms with Crippen LogP contribution in [0.4, 0.5) is 16.0 Å². The van der Waals surface area contributed by atoms with E-state index in [-0.39, 0.29) is 27.9 Å². The summed E-state index contributed by atoms with van der Waals surface area (Å²) in [4.78, 5) is 17.4. The lowest BCUT2D eigenvalue weighted by atomic mass is 10.1. The molecule has 0 atom stereocenters. The summed E-state index contributed by atoms with van der Waals surface area (Å²) in [6.07, 6.45) is 0.969. The van der Waals surface area contributed by atoms with Gasteiger partial charge in [0.25, 0.3) is 0 Å². The summed E-state index contributed by atoms with van der Waals surface area (Å²) in [5, 5.41) is 10.9. The quantitative estimate of drug-likeness (QED) is 0.666. The van der Waals surface area contributed by atoms with Gasteiger partial charge in [-0.3, -0.25) is 10.1 Å². The molecule has 0 fully saturated rings. The van der Waals surface area contributed by atoms with Crippen molar-refractivity contribution in [3.8, 4) is 11.3 Å². The highest BCUT2D eigenvalue weighted by Crippen LogP contribution is 2.30. The maximum Gasteiger partial charge on any atom is 0.313 e. The van der Waals surface area contributed by atoms with E-state index in [2.05, 4.69) is 9.97 Å². The third-order valence-electron chi connectivity index (χ3n) is 2.12. The first-order chi connectivity index (χ1) is 8.47. The normalized spacial score (nSPS) is 10.3. The predicted molar refractivity (Wildman–Crippen MR) is 63.5 cm³/mol. The summed E-state index contributed by atoms with van der Waals surface area (Å²) in [5.74, 6) is -0.764. The Kier molecular flexibility index (Phi) is 3.07. The highest BCUT2D eigenvalue weighted by Gasteiger charge is 2.19. The van der Waals surface area contributed by atoms with Crippen molar-refractivity contribution in [2.24, 2.45) is 0 Å². The van der Waals surface area contributed by atoms with Gasteiger partial charge >= 0.3 is 5.69 Å². The molecule has 2 N–H and O–H groups in total. The fraction of sp³-hybridized carbons (Fsp3) is 0. The topological polar surface area (TPSA) is 94.9 Å². The van der Waals surface area contributed by atoms with E-state index < -0.39 is 10.7 Å². The van der Waals surface area contributed by atoms with Crippen molar-refractivity contribution >= 4 is 23.2 Å². The van der Waals surface area contributed by atoms with E-state index in [0.29, 0.717) is 0 Å². The molecule has 0 aliphatic rings. The van der Waals surface area contributed by atoms with E-state index in [0.717, 1.165) is 18.3 Å². The lowest BCUT2D eigenvalue weighted by molar-refractivity contribution is -0.384. The van der Waals surface area contributed by atoms with Gasteiger partial charge in [-0.15, -0.1) is 0 Å². The number of nitrogens with zero attached hydrogens (tertiary/aromatic N) is 3. The standard InChI is InChI=1S/C10H6ClFN4O2/c11-6-1-5(2-7(12)3-6)9-8(16(17)18)4-14-10(13)15-9/h1-4H,(H2,13,14,15). The molecule has 18 heavy (non-hydrogen) atoms. The third kappa shape index (κ3) is 2.35. The second kappa shape index (κ2) is 4.53. The molecule has 0 saturated heterocycles. The molecule has 2 rings (SSSR count). The Balaban J connectivity index is 2.68. The first kappa shape index (κ1) is 12.2. The van der Waals surface area contributed by atoms with Crippen molar-refractivity contribution in [3.63, 3.8) is 0 Å². The molecule has 0 unspecified atom stereocenters. The molecule has 0 radical (unpaired) electrons. The summed E-state index contributed by atoms with van der Waals surface area (Å²) in [6, 6.07) is 3.53. The van der Waals surface area contributed by atoms with E-state index in [9.17, 15) is 14.5 Å². The maximum atomic E-state index is 13.2. The number of rotatable bonds is 2. The number of hydrogen-bond donors (Lipinski definition) is 1. The van der Waals surface area contributed by atoms with E-state index in [1.54, 1.807) is 0 Å². The van der Waals surface area contributed by atoms with Gasteiger partial charge in [-0.2, -0.15) is 0 Å². The van der Waals surface area contributed by atoms with Crippen LogP contribution in [0.15, 0.2) is 24.4 Å². The largest absolute Gasteiger partial charge is 0.368 e. The molecule has 1 aromatic heterocycles. The average molecular weight is 269 g/mol. The van der Waals surface area contributed by atoms with Gasteiger partial charge in [-0.1, -0.05) is 11.6 Å². The van der Waals surface area contributed by atoms with Crippen molar-refractivity contribution in [2.45, 2.75) is 0 Å². The Morgan fingerprint density at radius 2 is 2.11 bits per heavy atom. The fourth-order valence-electron chi connectivity index (χ4n) is 1.43. The molecule has 0 bridgehead atoms. The van der Waals surface area contributed by atoms with E-state index >= 15 is 0 Å². The number of halogens is 2. The number of nitrogens with two attached hydrogens (primary N) is 1. The minimum absolute atomic E-state index is 0.0751. The summed E-state index contributed by atoms with van der Waals surface area (Å²) >= 11 is 5.69. The van der Waals surface area contributed by atoms with Crippen LogP contribution in [-0.4, -0.2) is 14.9 Å². The molecule has 1 heterocycles. The van der Waals surface area contributed by atoms with Crippen LogP contribution < -0.4 is 5.73 Å². The van der Waals surface area contributed by atoms with Gasteiger partial charge < -0.3 is 5.73 Å². The zero-order valence-corrected chi connectivity index (χ0v) is 9.56. The van der Waals surface area contributed by atoms with Crippen LogP contribution in [0.2, 0.25) is 5.02 Å². The Morgan fingerprint density at radius 3 is 2.72 bits per heavy atom. The monoisotopic (exact) mass is 268 g/mol. The molecule has 0 aliphatic carbocycles. The summed E-state index contributed by atoms with van der Waals surface area (Å²) in [6.45, 7) is 0. The van der Waals surface area contributed by atoms with Crippen molar-refractivity contribution in [1.29, 1.82) is 0 Å². The van der Waals surface area contributed by atoms with Gasteiger partial charge in [-0.05, 0) is 18.2 Å². The molecule has 1 aromatic carbocycles. The number of benzene rings is 1. The Labute approximate surface area is 105 Å². The van der Waals surface area contributed by atoms with Crippen molar-refractivity contribution in [1.82, 2.24) is 9.97 Å². The Bertz CT molecular complexity index is 615.